The van der Waals surface area contributed by atoms with Crippen molar-refractivity contribution in [2.45, 2.75) is 19.0 Å². The van der Waals surface area contributed by atoms with Crippen LogP contribution < -0.4 is 10.2 Å². The number of benzene rings is 3. The first-order chi connectivity index (χ1) is 17.5. The number of hydrogen-bond donors (Lipinski definition) is 2. The van der Waals surface area contributed by atoms with Crippen molar-refractivity contribution in [1.29, 1.82) is 0 Å². The van der Waals surface area contributed by atoms with E-state index in [4.69, 9.17) is 16.3 Å². The van der Waals surface area contributed by atoms with Crippen LogP contribution in [0.3, 0.4) is 0 Å². The molecule has 0 aliphatic rings. The minimum absolute atomic E-state index is 0.0357. The molecule has 4 rings (SSSR count). The number of aromatic hydroxyl groups is 1. The van der Waals surface area contributed by atoms with Crippen LogP contribution >= 0.6 is 23.4 Å². The van der Waals surface area contributed by atoms with Crippen LogP contribution in [0.2, 0.25) is 5.02 Å². The summed E-state index contributed by atoms with van der Waals surface area (Å²) in [7, 11) is 0. The maximum absolute atomic E-state index is 12.5. The fourth-order valence-corrected chi connectivity index (χ4v) is 4.20. The monoisotopic (exact) mass is 521 g/mol. The van der Waals surface area contributed by atoms with E-state index in [9.17, 15) is 9.90 Å². The number of phenols is 1. The average molecular weight is 522 g/mol. The number of hydrogen-bond acceptors (Lipinski definition) is 7. The molecule has 1 amide bonds. The fraction of sp³-hybridized carbons (Fsp3) is 0.154. The number of halogens is 1. The molecule has 3 aromatic carbocycles. The van der Waals surface area contributed by atoms with Crippen LogP contribution in [-0.2, 0) is 4.79 Å². The van der Waals surface area contributed by atoms with Gasteiger partial charge in [0.05, 0.1) is 18.6 Å². The largest absolute Gasteiger partial charge is 0.504 e. The zero-order valence-electron chi connectivity index (χ0n) is 19.7. The first kappa shape index (κ1) is 25.3. The first-order valence-corrected chi connectivity index (χ1v) is 12.5. The molecular formula is C26H24ClN5O3S. The minimum atomic E-state index is -0.334. The van der Waals surface area contributed by atoms with E-state index in [0.29, 0.717) is 33.9 Å². The lowest BCUT2D eigenvalue weighted by Gasteiger charge is -2.10. The summed E-state index contributed by atoms with van der Waals surface area (Å²) >= 11 is 7.31. The summed E-state index contributed by atoms with van der Waals surface area (Å²) in [4.78, 5) is 12.5. The summed E-state index contributed by atoms with van der Waals surface area (Å²) in [5, 5.41) is 24.1. The summed E-state index contributed by atoms with van der Waals surface area (Å²) < 4.78 is 7.25. The smallest absolute Gasteiger partial charge is 0.250 e. The Bertz CT molecular complexity index is 1370. The Morgan fingerprint density at radius 2 is 1.89 bits per heavy atom. The molecule has 1 heterocycles. The van der Waals surface area contributed by atoms with Gasteiger partial charge in [0.25, 0.3) is 5.91 Å². The fourth-order valence-electron chi connectivity index (χ4n) is 3.33. The molecule has 0 aliphatic heterocycles. The van der Waals surface area contributed by atoms with Gasteiger partial charge in [-0.2, -0.15) is 5.10 Å². The normalized spacial score (nSPS) is 11.1. The Balaban J connectivity index is 1.49. The van der Waals surface area contributed by atoms with Crippen molar-refractivity contribution in [3.05, 3.63) is 82.9 Å². The number of hydrazone groups is 1. The molecule has 0 saturated heterocycles. The Labute approximate surface area is 218 Å². The van der Waals surface area contributed by atoms with E-state index in [1.54, 1.807) is 30.3 Å². The number of thioether (sulfide) groups is 1. The maximum Gasteiger partial charge on any atom is 0.250 e. The summed E-state index contributed by atoms with van der Waals surface area (Å²) in [5.41, 5.74) is 5.77. The Morgan fingerprint density at radius 1 is 1.14 bits per heavy atom. The summed E-state index contributed by atoms with van der Waals surface area (Å²) in [6, 6.07) is 20.4. The van der Waals surface area contributed by atoms with E-state index in [1.807, 2.05) is 54.8 Å². The molecule has 8 nitrogen and oxygen atoms in total. The first-order valence-electron chi connectivity index (χ1n) is 11.1. The topological polar surface area (TPSA) is 102 Å². The molecule has 4 aromatic rings. The van der Waals surface area contributed by atoms with Crippen molar-refractivity contribution in [2.75, 3.05) is 12.4 Å². The number of ether oxygens (including phenoxy) is 1. The van der Waals surface area contributed by atoms with E-state index >= 15 is 0 Å². The highest BCUT2D eigenvalue weighted by molar-refractivity contribution is 7.99. The molecule has 0 atom stereocenters. The van der Waals surface area contributed by atoms with Crippen molar-refractivity contribution < 1.29 is 14.6 Å². The second-order valence-corrected chi connectivity index (χ2v) is 9.07. The molecule has 0 fully saturated rings. The molecule has 184 valence electrons. The maximum atomic E-state index is 12.5. The zero-order chi connectivity index (χ0) is 25.5. The minimum Gasteiger partial charge on any atom is -0.504 e. The van der Waals surface area contributed by atoms with Crippen LogP contribution in [0.25, 0.3) is 17.1 Å². The third kappa shape index (κ3) is 6.05. The van der Waals surface area contributed by atoms with Gasteiger partial charge in [-0.15, -0.1) is 10.2 Å². The number of para-hydroxylation sites is 1. The van der Waals surface area contributed by atoms with Gasteiger partial charge in [0, 0.05) is 21.8 Å². The van der Waals surface area contributed by atoms with Gasteiger partial charge in [0.15, 0.2) is 22.5 Å². The molecule has 0 radical (unpaired) electrons. The van der Waals surface area contributed by atoms with Crippen LogP contribution in [-0.4, -0.2) is 44.4 Å². The predicted octanol–water partition coefficient (Wildman–Crippen LogP) is 5.24. The van der Waals surface area contributed by atoms with Gasteiger partial charge in [-0.25, -0.2) is 5.43 Å². The molecule has 0 saturated carbocycles. The number of aryl methyl sites for hydroxylation is 1. The van der Waals surface area contributed by atoms with Crippen molar-refractivity contribution in [2.24, 2.45) is 5.10 Å². The van der Waals surface area contributed by atoms with Crippen molar-refractivity contribution in [1.82, 2.24) is 20.2 Å². The molecule has 10 heteroatoms. The molecule has 36 heavy (non-hydrogen) atoms. The van der Waals surface area contributed by atoms with E-state index in [0.717, 1.165) is 16.8 Å². The van der Waals surface area contributed by atoms with Crippen LogP contribution in [0, 0.1) is 6.92 Å². The highest BCUT2D eigenvalue weighted by atomic mass is 35.5. The SMILES string of the molecule is CCOc1cccc(/C=N/NC(=O)CSc2nnc(-c3ccc(C)cc3)n2-c2ccc(Cl)cc2)c1O. The molecule has 0 spiro atoms. The third-order valence-electron chi connectivity index (χ3n) is 5.08. The molecular weight excluding hydrogens is 498 g/mol. The Hall–Kier alpha value is -3.82. The number of nitrogens with one attached hydrogen (secondary N) is 1. The zero-order valence-corrected chi connectivity index (χ0v) is 21.3. The van der Waals surface area contributed by atoms with Gasteiger partial charge in [-0.1, -0.05) is 59.3 Å². The molecule has 2 N–H and O–H groups in total. The van der Waals surface area contributed by atoms with Gasteiger partial charge >= 0.3 is 0 Å². The highest BCUT2D eigenvalue weighted by Crippen LogP contribution is 2.30. The third-order valence-corrected chi connectivity index (χ3v) is 6.26. The van der Waals surface area contributed by atoms with Gasteiger partial charge in [0.1, 0.15) is 0 Å². The number of carbonyl (C=O) groups is 1. The van der Waals surface area contributed by atoms with Gasteiger partial charge in [-0.05, 0) is 50.2 Å². The van der Waals surface area contributed by atoms with Crippen molar-refractivity contribution in [3.63, 3.8) is 0 Å². The standard InChI is InChI=1S/C26H24ClN5O3S/c1-3-35-22-6-4-5-19(24(22)34)15-28-29-23(33)16-36-26-31-30-25(18-9-7-17(2)8-10-18)32(26)21-13-11-20(27)12-14-21/h4-15,34H,3,16H2,1-2H3,(H,29,33)/b28-15+. The van der Waals surface area contributed by atoms with Gasteiger partial charge in [-0.3, -0.25) is 9.36 Å². The Morgan fingerprint density at radius 3 is 2.61 bits per heavy atom. The number of phenolic OH excluding ortho intramolecular Hbond substituents is 1. The van der Waals surface area contributed by atoms with Crippen LogP contribution in [0.4, 0.5) is 0 Å². The molecule has 0 aliphatic carbocycles. The van der Waals surface area contributed by atoms with Crippen LogP contribution in [0.15, 0.2) is 77.0 Å². The quantitative estimate of drug-likeness (QED) is 0.177. The number of amides is 1. The predicted molar refractivity (Wildman–Crippen MR) is 142 cm³/mol. The van der Waals surface area contributed by atoms with E-state index < -0.39 is 0 Å². The van der Waals surface area contributed by atoms with Crippen molar-refractivity contribution in [3.8, 4) is 28.6 Å². The van der Waals surface area contributed by atoms with Crippen LogP contribution in [0.5, 0.6) is 11.5 Å². The molecule has 0 unspecified atom stereocenters. The molecule has 0 bridgehead atoms. The average Bonchev–Trinajstić information content (AvgIpc) is 3.30. The highest BCUT2D eigenvalue weighted by Gasteiger charge is 2.17. The van der Waals surface area contributed by atoms with E-state index in [2.05, 4.69) is 20.7 Å². The summed E-state index contributed by atoms with van der Waals surface area (Å²) in [6.45, 7) is 4.27. The molecule has 1 aromatic heterocycles. The van der Waals surface area contributed by atoms with Crippen molar-refractivity contribution >= 4 is 35.5 Å². The lowest BCUT2D eigenvalue weighted by atomic mass is 10.1. The van der Waals surface area contributed by atoms with Crippen LogP contribution in [0.1, 0.15) is 18.1 Å². The summed E-state index contributed by atoms with van der Waals surface area (Å²) in [6.07, 6.45) is 1.37. The van der Waals surface area contributed by atoms with Gasteiger partial charge in [0.2, 0.25) is 0 Å². The number of aromatic nitrogens is 3. The van der Waals surface area contributed by atoms with Gasteiger partial charge < -0.3 is 9.84 Å². The lowest BCUT2D eigenvalue weighted by molar-refractivity contribution is -0.118. The summed E-state index contributed by atoms with van der Waals surface area (Å²) in [5.74, 6) is 0.699. The second-order valence-electron chi connectivity index (χ2n) is 7.69. The van der Waals surface area contributed by atoms with E-state index in [-0.39, 0.29) is 17.4 Å². The second kappa shape index (κ2) is 11.7. The lowest BCUT2D eigenvalue weighted by Crippen LogP contribution is -2.20. The Kier molecular flexibility index (Phi) is 8.24. The number of rotatable bonds is 9. The number of carbonyl (C=O) groups excluding carboxylic acids is 1. The van der Waals surface area contributed by atoms with E-state index in [1.165, 1.54) is 18.0 Å². The number of nitrogens with zero attached hydrogens (tertiary/aromatic N) is 4.